The summed E-state index contributed by atoms with van der Waals surface area (Å²) in [6, 6.07) is 16.9. The Morgan fingerprint density at radius 2 is 1.70 bits per heavy atom. The zero-order valence-electron chi connectivity index (χ0n) is 14.6. The zero-order valence-corrected chi connectivity index (χ0v) is 14.6. The molecule has 0 spiro atoms. The third kappa shape index (κ3) is 3.22. The highest BCUT2D eigenvalue weighted by Gasteiger charge is 2.31. The highest BCUT2D eigenvalue weighted by atomic mass is 16.5. The summed E-state index contributed by atoms with van der Waals surface area (Å²) in [6.45, 7) is 2.53. The van der Waals surface area contributed by atoms with Gasteiger partial charge < -0.3 is 14.8 Å². The minimum absolute atomic E-state index is 0.136. The van der Waals surface area contributed by atoms with E-state index in [2.05, 4.69) is 15.3 Å². The van der Waals surface area contributed by atoms with Crippen molar-refractivity contribution in [1.29, 1.82) is 10.8 Å². The summed E-state index contributed by atoms with van der Waals surface area (Å²) in [4.78, 5) is 9.02. The maximum atomic E-state index is 8.03. The summed E-state index contributed by atoms with van der Waals surface area (Å²) in [6.07, 6.45) is 0. The molecule has 2 aromatic carbocycles. The van der Waals surface area contributed by atoms with Crippen molar-refractivity contribution in [3.8, 4) is 17.1 Å². The van der Waals surface area contributed by atoms with Crippen LogP contribution in [0, 0.1) is 10.8 Å². The van der Waals surface area contributed by atoms with Crippen molar-refractivity contribution in [2.75, 3.05) is 11.9 Å². The van der Waals surface area contributed by atoms with Gasteiger partial charge in [0.05, 0.1) is 6.61 Å². The Kier molecular flexibility index (Phi) is 4.25. The Morgan fingerprint density at radius 3 is 2.41 bits per heavy atom. The maximum absolute atomic E-state index is 8.03. The van der Waals surface area contributed by atoms with Gasteiger partial charge in [-0.2, -0.15) is 0 Å². The Morgan fingerprint density at radius 1 is 0.963 bits per heavy atom. The molecule has 1 aromatic heterocycles. The summed E-state index contributed by atoms with van der Waals surface area (Å²) in [5.74, 6) is 1.38. The van der Waals surface area contributed by atoms with Crippen LogP contribution in [0.25, 0.3) is 11.4 Å². The van der Waals surface area contributed by atoms with Crippen LogP contribution < -0.4 is 10.1 Å². The molecule has 1 aliphatic heterocycles. The summed E-state index contributed by atoms with van der Waals surface area (Å²) in [5.41, 5.74) is 2.29. The van der Waals surface area contributed by atoms with Crippen LogP contribution in [0.4, 0.5) is 11.5 Å². The number of nitrogens with zero attached hydrogens (tertiary/aromatic N) is 2. The average Bonchev–Trinajstić information content (AvgIpc) is 2.98. The van der Waals surface area contributed by atoms with Crippen LogP contribution in [0.3, 0.4) is 0 Å². The predicted octanol–water partition coefficient (Wildman–Crippen LogP) is 3.97. The standard InChI is InChI=1S/C20H17N5O2/c1-2-26-14-10-8-13(9-11-14)23-20-15-16(18(22)27-17(15)21)24-19(25-20)12-6-4-3-5-7-12/h3-11,21-22H,2H2,1H3,(H,23,24,25). The van der Waals surface area contributed by atoms with E-state index in [-0.39, 0.29) is 11.8 Å². The first-order chi connectivity index (χ1) is 13.2. The molecule has 0 radical (unpaired) electrons. The van der Waals surface area contributed by atoms with E-state index in [1.54, 1.807) is 0 Å². The number of ether oxygens (including phenoxy) is 2. The third-order valence-corrected chi connectivity index (χ3v) is 4.02. The number of nitrogens with one attached hydrogen (secondary N) is 3. The lowest BCUT2D eigenvalue weighted by molar-refractivity contribution is 0.340. The van der Waals surface area contributed by atoms with Crippen molar-refractivity contribution < 1.29 is 9.47 Å². The van der Waals surface area contributed by atoms with E-state index in [4.69, 9.17) is 20.3 Å². The molecule has 0 bridgehead atoms. The maximum Gasteiger partial charge on any atom is 0.240 e. The van der Waals surface area contributed by atoms with Gasteiger partial charge in [-0.1, -0.05) is 30.3 Å². The van der Waals surface area contributed by atoms with Crippen LogP contribution in [0.2, 0.25) is 0 Å². The smallest absolute Gasteiger partial charge is 0.240 e. The van der Waals surface area contributed by atoms with Gasteiger partial charge in [0.15, 0.2) is 5.82 Å². The van der Waals surface area contributed by atoms with Crippen molar-refractivity contribution in [2.45, 2.75) is 6.92 Å². The molecule has 7 heteroatoms. The van der Waals surface area contributed by atoms with Crippen LogP contribution >= 0.6 is 0 Å². The second-order valence-electron chi connectivity index (χ2n) is 5.83. The Bertz CT molecular complexity index is 1020. The Labute approximate surface area is 156 Å². The van der Waals surface area contributed by atoms with Crippen molar-refractivity contribution >= 4 is 23.3 Å². The van der Waals surface area contributed by atoms with E-state index in [1.807, 2.05) is 61.5 Å². The van der Waals surface area contributed by atoms with Crippen molar-refractivity contribution in [2.24, 2.45) is 0 Å². The number of hydrogen-bond donors (Lipinski definition) is 3. The molecule has 4 rings (SSSR count). The Hall–Kier alpha value is -3.74. The van der Waals surface area contributed by atoms with Crippen LogP contribution in [0.15, 0.2) is 54.6 Å². The average molecular weight is 359 g/mol. The molecule has 3 aromatic rings. The van der Waals surface area contributed by atoms with Crippen molar-refractivity contribution in [1.82, 2.24) is 9.97 Å². The number of aromatic nitrogens is 2. The van der Waals surface area contributed by atoms with E-state index >= 15 is 0 Å². The molecular weight excluding hydrogens is 342 g/mol. The molecule has 0 saturated heterocycles. The first-order valence-electron chi connectivity index (χ1n) is 8.48. The number of benzene rings is 2. The van der Waals surface area contributed by atoms with E-state index in [1.165, 1.54) is 0 Å². The first kappa shape index (κ1) is 16.7. The molecule has 0 saturated carbocycles. The van der Waals surface area contributed by atoms with Gasteiger partial charge in [-0.25, -0.2) is 9.97 Å². The van der Waals surface area contributed by atoms with Crippen LogP contribution in [-0.2, 0) is 4.74 Å². The summed E-state index contributed by atoms with van der Waals surface area (Å²) in [5, 5.41) is 19.2. The van der Waals surface area contributed by atoms with Crippen molar-refractivity contribution in [3.63, 3.8) is 0 Å². The predicted molar refractivity (Wildman–Crippen MR) is 103 cm³/mol. The molecule has 0 unspecified atom stereocenters. The highest BCUT2D eigenvalue weighted by molar-refractivity contribution is 6.18. The normalized spacial score (nSPS) is 12.5. The third-order valence-electron chi connectivity index (χ3n) is 4.02. The zero-order chi connectivity index (χ0) is 18.8. The minimum atomic E-state index is -0.149. The molecule has 1 aliphatic rings. The molecule has 134 valence electrons. The molecule has 3 N–H and O–H groups in total. The lowest BCUT2D eigenvalue weighted by atomic mass is 10.1. The molecule has 0 fully saturated rings. The minimum Gasteiger partial charge on any atom is -0.494 e. The lowest BCUT2D eigenvalue weighted by Crippen LogP contribution is -2.07. The molecule has 0 amide bonds. The largest absolute Gasteiger partial charge is 0.494 e. The van der Waals surface area contributed by atoms with Gasteiger partial charge in [-0.15, -0.1) is 0 Å². The monoisotopic (exact) mass is 359 g/mol. The fourth-order valence-electron chi connectivity index (χ4n) is 2.79. The number of hydrogen-bond acceptors (Lipinski definition) is 7. The van der Waals surface area contributed by atoms with Crippen LogP contribution in [0.5, 0.6) is 5.75 Å². The van der Waals surface area contributed by atoms with Gasteiger partial charge in [-0.3, -0.25) is 10.8 Å². The van der Waals surface area contributed by atoms with E-state index in [9.17, 15) is 0 Å². The Balaban J connectivity index is 1.77. The second-order valence-corrected chi connectivity index (χ2v) is 5.83. The number of fused-ring (bicyclic) bond motifs is 1. The molecule has 2 heterocycles. The second kappa shape index (κ2) is 6.87. The van der Waals surface area contributed by atoms with Gasteiger partial charge in [0.25, 0.3) is 0 Å². The van der Waals surface area contributed by atoms with Crippen LogP contribution in [0.1, 0.15) is 18.2 Å². The van der Waals surface area contributed by atoms with Gasteiger partial charge in [0.1, 0.15) is 22.8 Å². The SMILES string of the molecule is CCOc1ccc(Nc2nc(-c3ccccc3)nc3c2C(=N)OC3=N)cc1. The van der Waals surface area contributed by atoms with Gasteiger partial charge in [-0.05, 0) is 31.2 Å². The first-order valence-corrected chi connectivity index (χ1v) is 8.48. The van der Waals surface area contributed by atoms with Gasteiger partial charge >= 0.3 is 0 Å². The summed E-state index contributed by atoms with van der Waals surface area (Å²) in [7, 11) is 0. The fraction of sp³-hybridized carbons (Fsp3) is 0.100. The topological polar surface area (TPSA) is 104 Å². The molecular formula is C20H17N5O2. The molecule has 7 nitrogen and oxygen atoms in total. The van der Waals surface area contributed by atoms with E-state index < -0.39 is 0 Å². The number of anilines is 2. The van der Waals surface area contributed by atoms with Gasteiger partial charge in [0.2, 0.25) is 11.8 Å². The van der Waals surface area contributed by atoms with E-state index in [0.29, 0.717) is 29.5 Å². The quantitative estimate of drug-likeness (QED) is 0.639. The molecule has 0 atom stereocenters. The number of rotatable bonds is 5. The van der Waals surface area contributed by atoms with Crippen molar-refractivity contribution in [3.05, 3.63) is 65.9 Å². The summed E-state index contributed by atoms with van der Waals surface area (Å²) >= 11 is 0. The molecule has 0 aliphatic carbocycles. The summed E-state index contributed by atoms with van der Waals surface area (Å²) < 4.78 is 10.6. The fourth-order valence-corrected chi connectivity index (χ4v) is 2.79. The van der Waals surface area contributed by atoms with E-state index in [0.717, 1.165) is 17.0 Å². The highest BCUT2D eigenvalue weighted by Crippen LogP contribution is 2.30. The molecule has 27 heavy (non-hydrogen) atoms. The van der Waals surface area contributed by atoms with Crippen LogP contribution in [-0.4, -0.2) is 28.4 Å². The van der Waals surface area contributed by atoms with Gasteiger partial charge in [0, 0.05) is 11.3 Å². The lowest BCUT2D eigenvalue weighted by Gasteiger charge is -2.11.